The van der Waals surface area contributed by atoms with Gasteiger partial charge in [0.2, 0.25) is 10.0 Å². The molecule has 0 unspecified atom stereocenters. The summed E-state index contributed by atoms with van der Waals surface area (Å²) in [4.78, 5) is 0. The van der Waals surface area contributed by atoms with Crippen LogP contribution in [0, 0.1) is 0 Å². The van der Waals surface area contributed by atoms with E-state index in [1.807, 2.05) is 0 Å². The highest BCUT2D eigenvalue weighted by Crippen LogP contribution is 2.32. The van der Waals surface area contributed by atoms with Gasteiger partial charge in [0.1, 0.15) is 0 Å². The molecule has 3 rings (SSSR count). The van der Waals surface area contributed by atoms with Gasteiger partial charge >= 0.3 is 6.18 Å². The summed E-state index contributed by atoms with van der Waals surface area (Å²) in [6.45, 7) is -0.222. The molecule has 0 atom stereocenters. The van der Waals surface area contributed by atoms with E-state index in [0.29, 0.717) is 12.8 Å². The molecule has 1 saturated heterocycles. The summed E-state index contributed by atoms with van der Waals surface area (Å²) in [5.74, 6) is -0.576. The molecule has 0 spiro atoms. The van der Waals surface area contributed by atoms with Crippen LogP contribution in [0.4, 0.5) is 13.2 Å². The fourth-order valence-electron chi connectivity index (χ4n) is 3.64. The average Bonchev–Trinajstić information content (AvgIpc) is 2.52. The first-order chi connectivity index (χ1) is 12.5. The van der Waals surface area contributed by atoms with Crippen LogP contribution in [0.5, 0.6) is 0 Å². The molecule has 152 valence electrons. The van der Waals surface area contributed by atoms with Crippen LogP contribution in [0.15, 0.2) is 24.3 Å². The first-order valence-corrected chi connectivity index (χ1v) is 12.1. The van der Waals surface area contributed by atoms with Crippen molar-refractivity contribution in [2.75, 3.05) is 13.1 Å². The smallest absolute Gasteiger partial charge is 0.228 e. The van der Waals surface area contributed by atoms with Crippen molar-refractivity contribution in [2.24, 2.45) is 0 Å². The number of benzene rings is 1. The van der Waals surface area contributed by atoms with Gasteiger partial charge in [-0.25, -0.2) is 16.8 Å². The van der Waals surface area contributed by atoms with Crippen molar-refractivity contribution in [3.8, 4) is 0 Å². The second-order valence-corrected chi connectivity index (χ2v) is 11.7. The Morgan fingerprint density at radius 2 is 1.59 bits per heavy atom. The fourth-order valence-corrected chi connectivity index (χ4v) is 7.74. The minimum absolute atomic E-state index is 0.0309. The van der Waals surface area contributed by atoms with Crippen LogP contribution >= 0.6 is 0 Å². The summed E-state index contributed by atoms with van der Waals surface area (Å²) >= 11 is 0. The summed E-state index contributed by atoms with van der Waals surface area (Å²) in [7, 11) is -7.23. The van der Waals surface area contributed by atoms with Crippen molar-refractivity contribution < 1.29 is 30.0 Å². The second-order valence-electron chi connectivity index (χ2n) is 7.24. The average molecular weight is 425 g/mol. The molecule has 1 aromatic carbocycles. The summed E-state index contributed by atoms with van der Waals surface area (Å²) in [6, 6.07) is 4.18. The van der Waals surface area contributed by atoms with E-state index in [-0.39, 0.29) is 18.7 Å². The molecule has 0 bridgehead atoms. The van der Waals surface area contributed by atoms with Gasteiger partial charge in [-0.05, 0) is 24.5 Å². The quantitative estimate of drug-likeness (QED) is 0.727. The Balaban J connectivity index is 1.65. The van der Waals surface area contributed by atoms with Crippen molar-refractivity contribution in [3.63, 3.8) is 0 Å². The zero-order chi connectivity index (χ0) is 19.9. The molecular formula is C17H22F3NO4S2. The highest BCUT2D eigenvalue weighted by molar-refractivity contribution is 7.93. The van der Waals surface area contributed by atoms with Gasteiger partial charge in [0.25, 0.3) is 0 Å². The zero-order valence-corrected chi connectivity index (χ0v) is 16.3. The van der Waals surface area contributed by atoms with Crippen molar-refractivity contribution >= 4 is 19.9 Å². The Morgan fingerprint density at radius 1 is 0.963 bits per heavy atom. The molecular weight excluding hydrogens is 403 g/mol. The summed E-state index contributed by atoms with van der Waals surface area (Å²) in [5.41, 5.74) is -0.875. The highest BCUT2D eigenvalue weighted by atomic mass is 32.2. The topological polar surface area (TPSA) is 71.5 Å². The molecule has 10 heteroatoms. The van der Waals surface area contributed by atoms with E-state index in [4.69, 9.17) is 0 Å². The molecule has 0 radical (unpaired) electrons. The first kappa shape index (κ1) is 20.6. The predicted molar refractivity (Wildman–Crippen MR) is 95.2 cm³/mol. The number of nitrogens with zero attached hydrogens (tertiary/aromatic N) is 1. The summed E-state index contributed by atoms with van der Waals surface area (Å²) in [5, 5.41) is -1.11. The standard InChI is InChI=1S/C17H22F3NO4S2/c18-17(19,20)14-6-4-5-13(9-14)12-26(22,23)21-10-16(11-21)27(24,25)15-7-2-1-3-8-15/h4-6,9,15-16H,1-3,7-8,10-12H2. The molecule has 27 heavy (non-hydrogen) atoms. The van der Waals surface area contributed by atoms with Gasteiger partial charge in [0.05, 0.1) is 21.8 Å². The van der Waals surface area contributed by atoms with Gasteiger partial charge in [0, 0.05) is 13.1 Å². The van der Waals surface area contributed by atoms with Gasteiger partial charge < -0.3 is 0 Å². The van der Waals surface area contributed by atoms with Crippen LogP contribution < -0.4 is 0 Å². The van der Waals surface area contributed by atoms with Crippen LogP contribution in [0.25, 0.3) is 0 Å². The third-order valence-electron chi connectivity index (χ3n) is 5.29. The van der Waals surface area contributed by atoms with Crippen molar-refractivity contribution in [3.05, 3.63) is 35.4 Å². The van der Waals surface area contributed by atoms with Gasteiger partial charge in [-0.1, -0.05) is 37.5 Å². The third-order valence-corrected chi connectivity index (χ3v) is 9.70. The number of hydrogen-bond donors (Lipinski definition) is 0. The predicted octanol–water partition coefficient (Wildman–Crippen LogP) is 2.97. The Kier molecular flexibility index (Phi) is 5.62. The monoisotopic (exact) mass is 425 g/mol. The van der Waals surface area contributed by atoms with E-state index in [9.17, 15) is 30.0 Å². The minimum atomic E-state index is -4.55. The van der Waals surface area contributed by atoms with E-state index in [1.165, 1.54) is 12.1 Å². The SMILES string of the molecule is O=S(=O)(C1CCCCC1)C1CN(S(=O)(=O)Cc2cccc(C(F)(F)F)c2)C1. The van der Waals surface area contributed by atoms with Crippen LogP contribution in [-0.2, 0) is 31.8 Å². The first-order valence-electron chi connectivity index (χ1n) is 8.87. The summed E-state index contributed by atoms with van der Waals surface area (Å²) < 4.78 is 89.5. The van der Waals surface area contributed by atoms with Gasteiger partial charge in [-0.15, -0.1) is 0 Å². The van der Waals surface area contributed by atoms with Crippen molar-refractivity contribution in [1.29, 1.82) is 0 Å². The molecule has 1 aromatic rings. The highest BCUT2D eigenvalue weighted by Gasteiger charge is 2.46. The van der Waals surface area contributed by atoms with E-state index >= 15 is 0 Å². The van der Waals surface area contributed by atoms with Crippen LogP contribution in [0.2, 0.25) is 0 Å². The molecule has 0 N–H and O–H groups in total. The van der Waals surface area contributed by atoms with Gasteiger partial charge in [-0.2, -0.15) is 17.5 Å². The maximum atomic E-state index is 12.8. The maximum Gasteiger partial charge on any atom is 0.416 e. The van der Waals surface area contributed by atoms with E-state index in [0.717, 1.165) is 35.7 Å². The summed E-state index contributed by atoms with van der Waals surface area (Å²) in [6.07, 6.45) is -0.544. The third kappa shape index (κ3) is 4.48. The van der Waals surface area contributed by atoms with E-state index in [1.54, 1.807) is 0 Å². The normalized spacial score (nSPS) is 21.1. The minimum Gasteiger partial charge on any atom is -0.228 e. The van der Waals surface area contributed by atoms with Gasteiger partial charge in [-0.3, -0.25) is 0 Å². The molecule has 1 aliphatic carbocycles. The second kappa shape index (κ2) is 7.36. The van der Waals surface area contributed by atoms with E-state index < -0.39 is 47.9 Å². The van der Waals surface area contributed by atoms with Gasteiger partial charge in [0.15, 0.2) is 9.84 Å². The molecule has 0 aromatic heterocycles. The number of sulfone groups is 1. The number of rotatable bonds is 5. The van der Waals surface area contributed by atoms with Crippen LogP contribution in [0.1, 0.15) is 43.2 Å². The maximum absolute atomic E-state index is 12.8. The number of hydrogen-bond acceptors (Lipinski definition) is 4. The molecule has 0 amide bonds. The van der Waals surface area contributed by atoms with Crippen molar-refractivity contribution in [1.82, 2.24) is 4.31 Å². The molecule has 5 nitrogen and oxygen atoms in total. The molecule has 1 heterocycles. The Hall–Kier alpha value is -1.13. The number of halogens is 3. The largest absolute Gasteiger partial charge is 0.416 e. The molecule has 1 aliphatic heterocycles. The lowest BCUT2D eigenvalue weighted by molar-refractivity contribution is -0.137. The fraction of sp³-hybridized carbons (Fsp3) is 0.647. The molecule has 2 fully saturated rings. The number of sulfonamides is 1. The van der Waals surface area contributed by atoms with E-state index in [2.05, 4.69) is 0 Å². The lowest BCUT2D eigenvalue weighted by Crippen LogP contribution is -2.58. The molecule has 1 saturated carbocycles. The molecule has 2 aliphatic rings. The van der Waals surface area contributed by atoms with Crippen LogP contribution in [0.3, 0.4) is 0 Å². The Labute approximate surface area is 157 Å². The van der Waals surface area contributed by atoms with Crippen LogP contribution in [-0.4, -0.2) is 44.7 Å². The Morgan fingerprint density at radius 3 is 2.19 bits per heavy atom. The number of alkyl halides is 3. The lowest BCUT2D eigenvalue weighted by Gasteiger charge is -2.39. The van der Waals surface area contributed by atoms with Crippen molar-refractivity contribution in [2.45, 2.75) is 54.5 Å². The Bertz CT molecular complexity index is 885. The lowest BCUT2D eigenvalue weighted by atomic mass is 10.0. The zero-order valence-electron chi connectivity index (χ0n) is 14.7.